The van der Waals surface area contributed by atoms with E-state index in [1.807, 2.05) is 0 Å². The van der Waals surface area contributed by atoms with Crippen LogP contribution in [0.4, 0.5) is 11.6 Å². The summed E-state index contributed by atoms with van der Waals surface area (Å²) in [5.41, 5.74) is 6.43. The molecular weight excluding hydrogens is 298 g/mol. The number of nitrogens with two attached hydrogens (primary N) is 1. The molecule has 108 valence electrons. The van der Waals surface area contributed by atoms with Crippen LogP contribution in [0.1, 0.15) is 0 Å². The summed E-state index contributed by atoms with van der Waals surface area (Å²) >= 11 is 1.63. The summed E-state index contributed by atoms with van der Waals surface area (Å²) in [6.45, 7) is 0.612. The third-order valence-corrected chi connectivity index (χ3v) is 5.87. The van der Waals surface area contributed by atoms with Gasteiger partial charge in [-0.1, -0.05) is 0 Å². The highest BCUT2D eigenvalue weighted by molar-refractivity contribution is 8.01. The Bertz CT molecular complexity index is 742. The summed E-state index contributed by atoms with van der Waals surface area (Å²) in [7, 11) is -3.20. The number of nitrogens with zero attached hydrogens (tertiary/aromatic N) is 4. The number of hydrogen-bond donors (Lipinski definition) is 1. The van der Waals surface area contributed by atoms with Crippen LogP contribution in [-0.4, -0.2) is 52.5 Å². The van der Waals surface area contributed by atoms with Crippen LogP contribution in [0.25, 0.3) is 5.65 Å². The van der Waals surface area contributed by atoms with Crippen molar-refractivity contribution in [2.75, 3.05) is 34.9 Å². The maximum atomic E-state index is 12.0. The van der Waals surface area contributed by atoms with Gasteiger partial charge in [0.2, 0.25) is 0 Å². The van der Waals surface area contributed by atoms with Gasteiger partial charge in [0.05, 0.1) is 6.20 Å². The van der Waals surface area contributed by atoms with Crippen molar-refractivity contribution in [3.05, 3.63) is 18.6 Å². The predicted molar refractivity (Wildman–Crippen MR) is 80.7 cm³/mol. The van der Waals surface area contributed by atoms with Crippen molar-refractivity contribution in [3.8, 4) is 0 Å². The van der Waals surface area contributed by atoms with Crippen LogP contribution in [0.2, 0.25) is 0 Å². The van der Waals surface area contributed by atoms with Gasteiger partial charge in [-0.15, -0.1) is 0 Å². The Morgan fingerprint density at radius 1 is 1.50 bits per heavy atom. The fourth-order valence-corrected chi connectivity index (χ4v) is 5.12. The van der Waals surface area contributed by atoms with Crippen LogP contribution in [0.3, 0.4) is 0 Å². The molecule has 1 aliphatic heterocycles. The van der Waals surface area contributed by atoms with Crippen LogP contribution in [-0.2, 0) is 9.84 Å². The Balaban J connectivity index is 2.15. The van der Waals surface area contributed by atoms with Crippen molar-refractivity contribution >= 4 is 38.9 Å². The van der Waals surface area contributed by atoms with Gasteiger partial charge in [-0.3, -0.25) is 0 Å². The lowest BCUT2D eigenvalue weighted by atomic mass is 10.4. The molecule has 0 spiro atoms. The Hall–Kier alpha value is -1.48. The van der Waals surface area contributed by atoms with Crippen LogP contribution < -0.4 is 10.6 Å². The maximum absolute atomic E-state index is 12.0. The molecule has 20 heavy (non-hydrogen) atoms. The van der Waals surface area contributed by atoms with Crippen molar-refractivity contribution in [1.82, 2.24) is 14.4 Å². The third-order valence-electron chi connectivity index (χ3n) is 3.23. The molecule has 3 heterocycles. The Morgan fingerprint density at radius 2 is 2.30 bits per heavy atom. The summed E-state index contributed by atoms with van der Waals surface area (Å²) < 4.78 is 25.7. The summed E-state index contributed by atoms with van der Waals surface area (Å²) in [4.78, 5) is 10.4. The molecule has 7 nitrogen and oxygen atoms in total. The number of hydrogen-bond acceptors (Lipinski definition) is 7. The average Bonchev–Trinajstić information content (AvgIpc) is 2.84. The number of thioether (sulfide) groups is 1. The van der Waals surface area contributed by atoms with Crippen LogP contribution in [0.15, 0.2) is 18.6 Å². The van der Waals surface area contributed by atoms with E-state index in [9.17, 15) is 8.42 Å². The molecule has 9 heteroatoms. The molecule has 0 aliphatic carbocycles. The molecule has 0 bridgehead atoms. The lowest BCUT2D eigenvalue weighted by molar-refractivity contribution is 0.584. The minimum atomic E-state index is -3.20. The largest absolute Gasteiger partial charge is 0.382 e. The lowest BCUT2D eigenvalue weighted by Crippen LogP contribution is -2.47. The zero-order valence-electron chi connectivity index (χ0n) is 10.9. The Labute approximate surface area is 121 Å². The van der Waals surface area contributed by atoms with Gasteiger partial charge in [0.25, 0.3) is 0 Å². The molecule has 2 N–H and O–H groups in total. The van der Waals surface area contributed by atoms with Gasteiger partial charge in [0.1, 0.15) is 11.2 Å². The quantitative estimate of drug-likeness (QED) is 0.848. The Morgan fingerprint density at radius 3 is 3.05 bits per heavy atom. The van der Waals surface area contributed by atoms with E-state index >= 15 is 0 Å². The number of nitrogen functional groups attached to an aromatic ring is 1. The first-order valence-electron chi connectivity index (χ1n) is 6.09. The number of fused-ring (bicyclic) bond motifs is 1. The molecule has 1 atom stereocenters. The van der Waals surface area contributed by atoms with Crippen LogP contribution in [0, 0.1) is 0 Å². The highest BCUT2D eigenvalue weighted by Gasteiger charge is 2.33. The minimum Gasteiger partial charge on any atom is -0.382 e. The van der Waals surface area contributed by atoms with E-state index in [2.05, 4.69) is 9.97 Å². The van der Waals surface area contributed by atoms with Crippen molar-refractivity contribution in [1.29, 1.82) is 0 Å². The second-order valence-corrected chi connectivity index (χ2v) is 8.05. The third kappa shape index (κ3) is 2.31. The maximum Gasteiger partial charge on any atom is 0.180 e. The highest BCUT2D eigenvalue weighted by Crippen LogP contribution is 2.28. The predicted octanol–water partition coefficient (Wildman–Crippen LogP) is 0.235. The minimum absolute atomic E-state index is 0.343. The first-order valence-corrected chi connectivity index (χ1v) is 9.20. The van der Waals surface area contributed by atoms with Gasteiger partial charge < -0.3 is 15.0 Å². The molecule has 0 radical (unpaired) electrons. The summed E-state index contributed by atoms with van der Waals surface area (Å²) in [5, 5.41) is -0.587. The number of sulfone groups is 1. The standard InChI is InChI=1S/C11H15N5O2S2/c1-20(17,18)9-7-19-5-4-16(9)11-10-13-2-3-15(10)6-8(12)14-11/h2-3,6,9H,4-5,7,12H2,1H3. The van der Waals surface area contributed by atoms with Crippen molar-refractivity contribution in [2.45, 2.75) is 5.37 Å². The van der Waals surface area contributed by atoms with Crippen LogP contribution in [0.5, 0.6) is 0 Å². The van der Waals surface area contributed by atoms with E-state index in [0.717, 1.165) is 5.75 Å². The molecular formula is C11H15N5O2S2. The van der Waals surface area contributed by atoms with Gasteiger partial charge in [-0.25, -0.2) is 18.4 Å². The summed E-state index contributed by atoms with van der Waals surface area (Å²) in [6.07, 6.45) is 6.34. The fourth-order valence-electron chi connectivity index (χ4n) is 2.30. The number of imidazole rings is 1. The molecule has 0 saturated carbocycles. The normalized spacial score (nSPS) is 20.4. The van der Waals surface area contributed by atoms with Gasteiger partial charge in [-0.2, -0.15) is 11.8 Å². The Kier molecular flexibility index (Phi) is 3.25. The number of rotatable bonds is 2. The van der Waals surface area contributed by atoms with Gasteiger partial charge in [-0.05, 0) is 0 Å². The molecule has 1 fully saturated rings. The molecule has 2 aromatic rings. The highest BCUT2D eigenvalue weighted by atomic mass is 32.2. The first kappa shape index (κ1) is 13.5. The lowest BCUT2D eigenvalue weighted by Gasteiger charge is -2.34. The SMILES string of the molecule is CS(=O)(=O)C1CSCCN1c1nc(N)cn2ccnc12. The molecule has 1 saturated heterocycles. The smallest absolute Gasteiger partial charge is 0.180 e. The molecule has 0 amide bonds. The number of aromatic nitrogens is 3. The average molecular weight is 313 g/mol. The van der Waals surface area contributed by atoms with Crippen molar-refractivity contribution in [3.63, 3.8) is 0 Å². The van der Waals surface area contributed by atoms with E-state index < -0.39 is 15.2 Å². The summed E-state index contributed by atoms with van der Waals surface area (Å²) in [6, 6.07) is 0. The first-order chi connectivity index (χ1) is 9.47. The van der Waals surface area contributed by atoms with Gasteiger partial charge in [0, 0.05) is 36.7 Å². The molecule has 2 aromatic heterocycles. The topological polar surface area (TPSA) is 93.6 Å². The second kappa shape index (κ2) is 4.81. The molecule has 1 unspecified atom stereocenters. The fraction of sp³-hybridized carbons (Fsp3) is 0.455. The zero-order valence-corrected chi connectivity index (χ0v) is 12.6. The van der Waals surface area contributed by atoms with E-state index in [1.165, 1.54) is 6.26 Å². The van der Waals surface area contributed by atoms with Gasteiger partial charge in [0.15, 0.2) is 21.3 Å². The van der Waals surface area contributed by atoms with Crippen molar-refractivity contribution < 1.29 is 8.42 Å². The van der Waals surface area contributed by atoms with E-state index in [4.69, 9.17) is 5.73 Å². The van der Waals surface area contributed by atoms with Crippen molar-refractivity contribution in [2.24, 2.45) is 0 Å². The van der Waals surface area contributed by atoms with Gasteiger partial charge >= 0.3 is 0 Å². The molecule has 1 aliphatic rings. The summed E-state index contributed by atoms with van der Waals surface area (Å²) in [5.74, 6) is 2.26. The number of anilines is 2. The zero-order chi connectivity index (χ0) is 14.3. The monoisotopic (exact) mass is 313 g/mol. The molecule has 3 rings (SSSR count). The molecule has 0 aromatic carbocycles. The van der Waals surface area contributed by atoms with E-state index in [0.29, 0.717) is 29.6 Å². The van der Waals surface area contributed by atoms with E-state index in [1.54, 1.807) is 39.7 Å². The van der Waals surface area contributed by atoms with Crippen LogP contribution >= 0.6 is 11.8 Å². The van der Waals surface area contributed by atoms with E-state index in [-0.39, 0.29) is 0 Å². The second-order valence-electron chi connectivity index (χ2n) is 4.70.